The molecule has 9 heteroatoms. The second-order valence-corrected chi connectivity index (χ2v) is 4.77. The van der Waals surface area contributed by atoms with Gasteiger partial charge < -0.3 is 15.4 Å². The third-order valence-corrected chi connectivity index (χ3v) is 2.93. The molecule has 0 radical (unpaired) electrons. The maximum absolute atomic E-state index is 13.0. The highest BCUT2D eigenvalue weighted by molar-refractivity contribution is 5.99. The summed E-state index contributed by atoms with van der Waals surface area (Å²) < 4.78 is 54.3. The molecule has 2 aromatic rings. The Balaban J connectivity index is 1.90. The zero-order chi connectivity index (χ0) is 18.4. The zero-order valence-corrected chi connectivity index (χ0v) is 12.6. The van der Waals surface area contributed by atoms with E-state index < -0.39 is 36.6 Å². The van der Waals surface area contributed by atoms with E-state index in [1.807, 2.05) is 0 Å². The number of nitrogens with one attached hydrogen (secondary N) is 2. The third-order valence-electron chi connectivity index (χ3n) is 2.93. The molecular weight excluding hydrogens is 344 g/mol. The van der Waals surface area contributed by atoms with Gasteiger partial charge in [-0.3, -0.25) is 9.59 Å². The van der Waals surface area contributed by atoms with E-state index in [9.17, 15) is 27.2 Å². The van der Waals surface area contributed by atoms with E-state index >= 15 is 0 Å². The Kier molecular flexibility index (Phi) is 5.93. The van der Waals surface area contributed by atoms with Gasteiger partial charge in [-0.15, -0.1) is 0 Å². The van der Waals surface area contributed by atoms with E-state index in [4.69, 9.17) is 0 Å². The first-order valence-corrected chi connectivity index (χ1v) is 6.93. The minimum atomic E-state index is -3.03. The zero-order valence-electron chi connectivity index (χ0n) is 12.6. The van der Waals surface area contributed by atoms with Crippen LogP contribution in [0.2, 0.25) is 0 Å². The van der Waals surface area contributed by atoms with Crippen molar-refractivity contribution in [3.05, 3.63) is 59.7 Å². The lowest BCUT2D eigenvalue weighted by atomic mass is 10.2. The van der Waals surface area contributed by atoms with Gasteiger partial charge in [0, 0.05) is 17.3 Å². The molecule has 2 rings (SSSR count). The molecule has 0 saturated carbocycles. The van der Waals surface area contributed by atoms with Crippen LogP contribution < -0.4 is 15.4 Å². The largest absolute Gasteiger partial charge is 0.435 e. The summed E-state index contributed by atoms with van der Waals surface area (Å²) in [5, 5.41) is 4.53. The summed E-state index contributed by atoms with van der Waals surface area (Å²) in [5.41, 5.74) is 0.0317. The Morgan fingerprint density at radius 2 is 1.80 bits per heavy atom. The molecule has 0 aliphatic carbocycles. The number of halogens is 4. The van der Waals surface area contributed by atoms with Crippen LogP contribution in [-0.2, 0) is 4.79 Å². The average molecular weight is 356 g/mol. The Hall–Kier alpha value is -3.10. The summed E-state index contributed by atoms with van der Waals surface area (Å²) >= 11 is 0. The first kappa shape index (κ1) is 18.2. The monoisotopic (exact) mass is 356 g/mol. The van der Waals surface area contributed by atoms with E-state index in [0.29, 0.717) is 0 Å². The fraction of sp³-hybridized carbons (Fsp3) is 0.125. The normalized spacial score (nSPS) is 10.4. The van der Waals surface area contributed by atoms with Crippen LogP contribution in [0.1, 0.15) is 10.4 Å². The SMILES string of the molecule is O=C(CNC(=O)c1cccc(OC(F)F)c1)Nc1ccc(F)c(F)c1. The predicted octanol–water partition coefficient (Wildman–Crippen LogP) is 2.93. The van der Waals surface area contributed by atoms with Gasteiger partial charge in [0.05, 0.1) is 6.54 Å². The lowest BCUT2D eigenvalue weighted by Gasteiger charge is -2.09. The molecule has 0 atom stereocenters. The fourth-order valence-electron chi connectivity index (χ4n) is 1.86. The lowest BCUT2D eigenvalue weighted by molar-refractivity contribution is -0.115. The van der Waals surface area contributed by atoms with Crippen molar-refractivity contribution in [3.63, 3.8) is 0 Å². The number of carbonyl (C=O) groups is 2. The topological polar surface area (TPSA) is 67.4 Å². The van der Waals surface area contributed by atoms with Gasteiger partial charge in [-0.2, -0.15) is 8.78 Å². The molecule has 0 saturated heterocycles. The molecule has 25 heavy (non-hydrogen) atoms. The van der Waals surface area contributed by atoms with Crippen LogP contribution >= 0.6 is 0 Å². The van der Waals surface area contributed by atoms with E-state index in [2.05, 4.69) is 15.4 Å². The second kappa shape index (κ2) is 8.13. The molecule has 132 valence electrons. The van der Waals surface area contributed by atoms with Crippen LogP contribution in [0.5, 0.6) is 5.75 Å². The van der Waals surface area contributed by atoms with Gasteiger partial charge >= 0.3 is 6.61 Å². The summed E-state index contributed by atoms with van der Waals surface area (Å²) in [6, 6.07) is 7.82. The van der Waals surface area contributed by atoms with Crippen LogP contribution in [0.4, 0.5) is 23.2 Å². The molecule has 0 heterocycles. The number of carbonyl (C=O) groups excluding carboxylic acids is 2. The Morgan fingerprint density at radius 1 is 1.04 bits per heavy atom. The number of amides is 2. The van der Waals surface area contributed by atoms with E-state index in [-0.39, 0.29) is 17.0 Å². The Morgan fingerprint density at radius 3 is 2.48 bits per heavy atom. The van der Waals surface area contributed by atoms with Crippen LogP contribution in [-0.4, -0.2) is 25.0 Å². The molecule has 2 N–H and O–H groups in total. The summed E-state index contributed by atoms with van der Waals surface area (Å²) in [5.74, 6) is -3.76. The molecular formula is C16H12F4N2O3. The van der Waals surface area contributed by atoms with Gasteiger partial charge in [0.25, 0.3) is 5.91 Å². The second-order valence-electron chi connectivity index (χ2n) is 4.77. The molecule has 2 aromatic carbocycles. The Bertz CT molecular complexity index is 784. The first-order chi connectivity index (χ1) is 11.8. The van der Waals surface area contributed by atoms with E-state index in [0.717, 1.165) is 24.3 Å². The highest BCUT2D eigenvalue weighted by Gasteiger charge is 2.11. The Labute approximate surface area is 139 Å². The van der Waals surface area contributed by atoms with Crippen molar-refractivity contribution >= 4 is 17.5 Å². The molecule has 0 bridgehead atoms. The van der Waals surface area contributed by atoms with Gasteiger partial charge in [-0.25, -0.2) is 8.78 Å². The number of rotatable bonds is 6. The number of benzene rings is 2. The maximum Gasteiger partial charge on any atom is 0.387 e. The quantitative estimate of drug-likeness (QED) is 0.782. The van der Waals surface area contributed by atoms with Crippen molar-refractivity contribution in [2.24, 2.45) is 0 Å². The van der Waals surface area contributed by atoms with Crippen LogP contribution in [0, 0.1) is 11.6 Å². The van der Waals surface area contributed by atoms with Crippen molar-refractivity contribution in [2.45, 2.75) is 6.61 Å². The summed E-state index contributed by atoms with van der Waals surface area (Å²) in [7, 11) is 0. The smallest absolute Gasteiger partial charge is 0.387 e. The maximum atomic E-state index is 13.0. The minimum absolute atomic E-state index is 0.0128. The number of ether oxygens (including phenoxy) is 1. The van der Waals surface area contributed by atoms with Crippen molar-refractivity contribution in [1.82, 2.24) is 5.32 Å². The van der Waals surface area contributed by atoms with Gasteiger partial charge in [-0.05, 0) is 30.3 Å². The lowest BCUT2D eigenvalue weighted by Crippen LogP contribution is -2.32. The minimum Gasteiger partial charge on any atom is -0.435 e. The summed E-state index contributed by atoms with van der Waals surface area (Å²) in [4.78, 5) is 23.6. The van der Waals surface area contributed by atoms with E-state index in [1.165, 1.54) is 18.2 Å². The molecule has 0 spiro atoms. The van der Waals surface area contributed by atoms with Crippen molar-refractivity contribution < 1.29 is 31.9 Å². The number of hydrogen-bond donors (Lipinski definition) is 2. The van der Waals surface area contributed by atoms with Crippen molar-refractivity contribution in [2.75, 3.05) is 11.9 Å². The van der Waals surface area contributed by atoms with Crippen LogP contribution in [0.15, 0.2) is 42.5 Å². The fourth-order valence-corrected chi connectivity index (χ4v) is 1.86. The number of alkyl halides is 2. The highest BCUT2D eigenvalue weighted by atomic mass is 19.3. The van der Waals surface area contributed by atoms with Crippen molar-refractivity contribution in [3.8, 4) is 5.75 Å². The predicted molar refractivity (Wildman–Crippen MR) is 80.4 cm³/mol. The van der Waals surface area contributed by atoms with Gasteiger partial charge in [0.15, 0.2) is 11.6 Å². The third kappa shape index (κ3) is 5.48. The van der Waals surface area contributed by atoms with Crippen molar-refractivity contribution in [1.29, 1.82) is 0 Å². The summed E-state index contributed by atoms with van der Waals surface area (Å²) in [6.45, 7) is -3.49. The average Bonchev–Trinajstić information content (AvgIpc) is 2.55. The van der Waals surface area contributed by atoms with Gasteiger partial charge in [0.1, 0.15) is 5.75 Å². The van der Waals surface area contributed by atoms with Gasteiger partial charge in [-0.1, -0.05) is 6.07 Å². The molecule has 0 aliphatic heterocycles. The molecule has 0 fully saturated rings. The summed E-state index contributed by atoms with van der Waals surface area (Å²) in [6.07, 6.45) is 0. The molecule has 2 amide bonds. The molecule has 0 aromatic heterocycles. The number of hydrogen-bond acceptors (Lipinski definition) is 3. The number of anilines is 1. The molecule has 0 aliphatic rings. The van der Waals surface area contributed by atoms with Crippen LogP contribution in [0.3, 0.4) is 0 Å². The van der Waals surface area contributed by atoms with Gasteiger partial charge in [0.2, 0.25) is 5.91 Å². The highest BCUT2D eigenvalue weighted by Crippen LogP contribution is 2.16. The molecule has 5 nitrogen and oxygen atoms in total. The molecule has 0 unspecified atom stereocenters. The standard InChI is InChI=1S/C16H12F4N2O3/c17-12-5-4-10(7-13(12)18)22-14(23)8-21-15(24)9-2-1-3-11(6-9)25-16(19)20/h1-7,16H,8H2,(H,21,24)(H,22,23). The van der Waals surface area contributed by atoms with Crippen LogP contribution in [0.25, 0.3) is 0 Å². The first-order valence-electron chi connectivity index (χ1n) is 6.93. The van der Waals surface area contributed by atoms with E-state index in [1.54, 1.807) is 0 Å².